The zero-order valence-corrected chi connectivity index (χ0v) is 12.4. The van der Waals surface area contributed by atoms with Crippen LogP contribution in [0.4, 0.5) is 0 Å². The van der Waals surface area contributed by atoms with Crippen molar-refractivity contribution >= 4 is 32.7 Å². The molecule has 0 fully saturated rings. The van der Waals surface area contributed by atoms with E-state index in [0.717, 1.165) is 4.47 Å². The highest BCUT2D eigenvalue weighted by Gasteiger charge is 2.14. The van der Waals surface area contributed by atoms with Gasteiger partial charge in [0.15, 0.2) is 0 Å². The minimum atomic E-state index is -1.06. The van der Waals surface area contributed by atoms with E-state index in [0.29, 0.717) is 16.5 Å². The number of rotatable bonds is 2. The Morgan fingerprint density at radius 1 is 1.05 bits per heavy atom. The second-order valence-electron chi connectivity index (χ2n) is 4.55. The van der Waals surface area contributed by atoms with Crippen LogP contribution in [0.2, 0.25) is 0 Å². The Morgan fingerprint density at radius 2 is 1.76 bits per heavy atom. The highest BCUT2D eigenvalue weighted by Crippen LogP contribution is 2.19. The average Bonchev–Trinajstić information content (AvgIpc) is 2.47. The largest absolute Gasteiger partial charge is 0.478 e. The Hall–Kier alpha value is -2.40. The standard InChI is InChI=1S/C16H10BrNO3/c17-10-4-3-5-11(8-10)18-9-14(16(20)21)12-6-1-2-7-13(12)15(18)19/h1-9H,(H,20,21). The first-order valence-electron chi connectivity index (χ1n) is 6.21. The highest BCUT2D eigenvalue weighted by atomic mass is 79.9. The van der Waals surface area contributed by atoms with Crippen LogP contribution in [0.3, 0.4) is 0 Å². The van der Waals surface area contributed by atoms with Crippen LogP contribution >= 0.6 is 15.9 Å². The summed E-state index contributed by atoms with van der Waals surface area (Å²) in [6, 6.07) is 13.9. The third-order valence-electron chi connectivity index (χ3n) is 3.24. The van der Waals surface area contributed by atoms with E-state index >= 15 is 0 Å². The van der Waals surface area contributed by atoms with Crippen molar-refractivity contribution in [3.05, 3.63) is 75.1 Å². The van der Waals surface area contributed by atoms with Crippen molar-refractivity contribution in [2.24, 2.45) is 0 Å². The summed E-state index contributed by atoms with van der Waals surface area (Å²) < 4.78 is 2.17. The topological polar surface area (TPSA) is 59.3 Å². The molecular formula is C16H10BrNO3. The fourth-order valence-electron chi connectivity index (χ4n) is 2.28. The number of aromatic nitrogens is 1. The molecule has 21 heavy (non-hydrogen) atoms. The number of carbonyl (C=O) groups is 1. The van der Waals surface area contributed by atoms with Crippen LogP contribution in [-0.4, -0.2) is 15.6 Å². The predicted molar refractivity (Wildman–Crippen MR) is 84.2 cm³/mol. The molecule has 0 aliphatic carbocycles. The van der Waals surface area contributed by atoms with Crippen molar-refractivity contribution in [1.29, 1.82) is 0 Å². The van der Waals surface area contributed by atoms with Crippen molar-refractivity contribution in [3.63, 3.8) is 0 Å². The minimum absolute atomic E-state index is 0.102. The van der Waals surface area contributed by atoms with Gasteiger partial charge >= 0.3 is 5.97 Å². The van der Waals surface area contributed by atoms with Crippen LogP contribution in [0.25, 0.3) is 16.5 Å². The lowest BCUT2D eigenvalue weighted by Gasteiger charge is -2.10. The molecular weight excluding hydrogens is 334 g/mol. The average molecular weight is 344 g/mol. The van der Waals surface area contributed by atoms with Crippen molar-refractivity contribution in [2.45, 2.75) is 0 Å². The number of carboxylic acids is 1. The summed E-state index contributed by atoms with van der Waals surface area (Å²) in [6.45, 7) is 0. The molecule has 0 saturated carbocycles. The molecule has 0 aliphatic heterocycles. The molecule has 1 N–H and O–H groups in total. The van der Waals surface area contributed by atoms with Crippen LogP contribution in [0.1, 0.15) is 10.4 Å². The van der Waals surface area contributed by atoms with E-state index in [9.17, 15) is 14.7 Å². The maximum Gasteiger partial charge on any atom is 0.337 e. The Morgan fingerprint density at radius 3 is 2.43 bits per heavy atom. The number of hydrogen-bond acceptors (Lipinski definition) is 2. The van der Waals surface area contributed by atoms with Gasteiger partial charge < -0.3 is 5.11 Å². The first-order chi connectivity index (χ1) is 10.1. The molecule has 0 saturated heterocycles. The summed E-state index contributed by atoms with van der Waals surface area (Å²) in [5.74, 6) is -1.06. The Labute approximate surface area is 128 Å². The number of pyridine rings is 1. The van der Waals surface area contributed by atoms with Gasteiger partial charge in [-0.25, -0.2) is 4.79 Å². The Kier molecular flexibility index (Phi) is 3.35. The lowest BCUT2D eigenvalue weighted by atomic mass is 10.1. The van der Waals surface area contributed by atoms with Gasteiger partial charge in [-0.2, -0.15) is 0 Å². The van der Waals surface area contributed by atoms with Gasteiger partial charge in [-0.05, 0) is 24.3 Å². The summed E-state index contributed by atoms with van der Waals surface area (Å²) in [5, 5.41) is 10.2. The van der Waals surface area contributed by atoms with Crippen molar-refractivity contribution in [2.75, 3.05) is 0 Å². The van der Waals surface area contributed by atoms with Gasteiger partial charge in [0, 0.05) is 27.1 Å². The second kappa shape index (κ2) is 5.18. The van der Waals surface area contributed by atoms with Crippen LogP contribution < -0.4 is 5.56 Å². The van der Waals surface area contributed by atoms with Gasteiger partial charge in [0.25, 0.3) is 5.56 Å². The lowest BCUT2D eigenvalue weighted by Crippen LogP contribution is -2.20. The quantitative estimate of drug-likeness (QED) is 0.775. The molecule has 3 aromatic rings. The summed E-state index contributed by atoms with van der Waals surface area (Å²) in [5.41, 5.74) is 0.474. The van der Waals surface area contributed by atoms with Gasteiger partial charge in [0.05, 0.1) is 5.56 Å². The van der Waals surface area contributed by atoms with Crippen LogP contribution in [0.5, 0.6) is 0 Å². The molecule has 104 valence electrons. The van der Waals surface area contributed by atoms with E-state index in [1.165, 1.54) is 10.8 Å². The molecule has 0 atom stereocenters. The third-order valence-corrected chi connectivity index (χ3v) is 3.73. The zero-order valence-electron chi connectivity index (χ0n) is 10.8. The lowest BCUT2D eigenvalue weighted by molar-refractivity contribution is 0.0698. The SMILES string of the molecule is O=C(O)c1cn(-c2cccc(Br)c2)c(=O)c2ccccc12. The molecule has 2 aromatic carbocycles. The fourth-order valence-corrected chi connectivity index (χ4v) is 2.67. The molecule has 0 spiro atoms. The maximum atomic E-state index is 12.6. The first kappa shape index (κ1) is 13.6. The molecule has 1 aromatic heterocycles. The van der Waals surface area contributed by atoms with E-state index in [4.69, 9.17) is 0 Å². The van der Waals surface area contributed by atoms with Crippen molar-refractivity contribution in [1.82, 2.24) is 4.57 Å². The number of aromatic carboxylic acids is 1. The smallest absolute Gasteiger partial charge is 0.337 e. The van der Waals surface area contributed by atoms with Crippen LogP contribution in [-0.2, 0) is 0 Å². The summed E-state index contributed by atoms with van der Waals surface area (Å²) >= 11 is 3.35. The van der Waals surface area contributed by atoms with Crippen LogP contribution in [0.15, 0.2) is 64.0 Å². The number of fused-ring (bicyclic) bond motifs is 1. The summed E-state index contributed by atoms with van der Waals surface area (Å²) in [6.07, 6.45) is 1.37. The predicted octanol–water partition coefficient (Wildman–Crippen LogP) is 3.45. The van der Waals surface area contributed by atoms with Gasteiger partial charge in [-0.15, -0.1) is 0 Å². The van der Waals surface area contributed by atoms with Crippen LogP contribution in [0, 0.1) is 0 Å². The molecule has 0 amide bonds. The number of hydrogen-bond donors (Lipinski definition) is 1. The molecule has 0 bridgehead atoms. The van der Waals surface area contributed by atoms with Crippen molar-refractivity contribution in [3.8, 4) is 5.69 Å². The van der Waals surface area contributed by atoms with Crippen molar-refractivity contribution < 1.29 is 9.90 Å². The maximum absolute atomic E-state index is 12.6. The third kappa shape index (κ3) is 2.36. The van der Waals surface area contributed by atoms with E-state index in [-0.39, 0.29) is 11.1 Å². The summed E-state index contributed by atoms with van der Waals surface area (Å²) in [7, 11) is 0. The highest BCUT2D eigenvalue weighted by molar-refractivity contribution is 9.10. The van der Waals surface area contributed by atoms with E-state index < -0.39 is 5.97 Å². The first-order valence-corrected chi connectivity index (χ1v) is 7.01. The monoisotopic (exact) mass is 343 g/mol. The number of benzene rings is 2. The number of halogens is 1. The minimum Gasteiger partial charge on any atom is -0.478 e. The van der Waals surface area contributed by atoms with Gasteiger partial charge in [0.1, 0.15) is 0 Å². The van der Waals surface area contributed by atoms with Gasteiger partial charge in [0.2, 0.25) is 0 Å². The molecule has 5 heteroatoms. The van der Waals surface area contributed by atoms with E-state index in [2.05, 4.69) is 15.9 Å². The second-order valence-corrected chi connectivity index (χ2v) is 5.46. The normalized spacial score (nSPS) is 10.7. The fraction of sp³-hybridized carbons (Fsp3) is 0. The molecule has 0 aliphatic rings. The van der Waals surface area contributed by atoms with Gasteiger partial charge in [-0.3, -0.25) is 9.36 Å². The Balaban J connectivity index is 2.42. The number of nitrogens with zero attached hydrogens (tertiary/aromatic N) is 1. The van der Waals surface area contributed by atoms with E-state index in [1.807, 2.05) is 6.07 Å². The molecule has 1 heterocycles. The summed E-state index contributed by atoms with van der Waals surface area (Å²) in [4.78, 5) is 24.0. The zero-order chi connectivity index (χ0) is 15.0. The Bertz CT molecular complexity index is 915. The number of carboxylic acid groups (broad SMARTS) is 1. The molecule has 3 rings (SSSR count). The van der Waals surface area contributed by atoms with E-state index in [1.54, 1.807) is 42.5 Å². The molecule has 0 radical (unpaired) electrons. The van der Waals surface area contributed by atoms with Gasteiger partial charge in [-0.1, -0.05) is 40.2 Å². The molecule has 0 unspecified atom stereocenters. The molecule has 4 nitrogen and oxygen atoms in total.